The molecule has 1 N–H and O–H groups in total. The molecule has 0 aliphatic carbocycles. The molecule has 0 unspecified atom stereocenters. The largest absolute Gasteiger partial charge is 0.300 e. The zero-order valence-corrected chi connectivity index (χ0v) is 12.0. The number of likely N-dealkylation sites (tertiary alicyclic amines) is 1. The Hall–Kier alpha value is -0.240. The Morgan fingerprint density at radius 1 is 1.26 bits per heavy atom. The van der Waals surface area contributed by atoms with Gasteiger partial charge in [-0.2, -0.15) is 12.7 Å². The van der Waals surface area contributed by atoms with Gasteiger partial charge in [0.15, 0.2) is 0 Å². The number of nitrogens with one attached hydrogen (secondary N) is 1. The molecule has 0 amide bonds. The maximum absolute atomic E-state index is 13.0. The third-order valence-corrected chi connectivity index (χ3v) is 5.27. The predicted molar refractivity (Wildman–Crippen MR) is 72.6 cm³/mol. The molecule has 2 heterocycles. The lowest BCUT2D eigenvalue weighted by Crippen LogP contribution is -2.44. The third kappa shape index (κ3) is 4.66. The van der Waals surface area contributed by atoms with Crippen molar-refractivity contribution >= 4 is 10.2 Å². The Morgan fingerprint density at radius 2 is 2.00 bits per heavy atom. The van der Waals surface area contributed by atoms with E-state index >= 15 is 0 Å². The minimum Gasteiger partial charge on any atom is -0.300 e. The van der Waals surface area contributed by atoms with Crippen LogP contribution in [0.5, 0.6) is 0 Å². The van der Waals surface area contributed by atoms with Crippen molar-refractivity contribution in [1.82, 2.24) is 13.9 Å². The van der Waals surface area contributed by atoms with Gasteiger partial charge in [-0.05, 0) is 38.6 Å². The van der Waals surface area contributed by atoms with Crippen molar-refractivity contribution in [2.24, 2.45) is 0 Å². The van der Waals surface area contributed by atoms with E-state index in [0.717, 1.165) is 32.4 Å². The molecule has 0 aromatic heterocycles. The van der Waals surface area contributed by atoms with E-state index in [-0.39, 0.29) is 0 Å². The van der Waals surface area contributed by atoms with Crippen LogP contribution in [0.15, 0.2) is 0 Å². The zero-order valence-electron chi connectivity index (χ0n) is 11.2. The van der Waals surface area contributed by atoms with E-state index in [2.05, 4.69) is 16.0 Å². The van der Waals surface area contributed by atoms with Crippen molar-refractivity contribution in [3.63, 3.8) is 0 Å². The summed E-state index contributed by atoms with van der Waals surface area (Å²) in [5.74, 6) is 0. The molecule has 19 heavy (non-hydrogen) atoms. The fourth-order valence-electron chi connectivity index (χ4n) is 2.55. The summed E-state index contributed by atoms with van der Waals surface area (Å²) < 4.78 is 41.0. The zero-order chi connectivity index (χ0) is 13.7. The lowest BCUT2D eigenvalue weighted by atomic mass is 10.2. The minimum absolute atomic E-state index is 0.427. The van der Waals surface area contributed by atoms with Crippen LogP contribution in [0.2, 0.25) is 0 Å². The van der Waals surface area contributed by atoms with Gasteiger partial charge in [-0.3, -0.25) is 0 Å². The first-order valence-corrected chi connectivity index (χ1v) is 8.45. The summed E-state index contributed by atoms with van der Waals surface area (Å²) in [7, 11) is -3.32. The fourth-order valence-corrected chi connectivity index (χ4v) is 3.83. The van der Waals surface area contributed by atoms with Gasteiger partial charge in [0.05, 0.1) is 0 Å². The van der Waals surface area contributed by atoms with Crippen LogP contribution in [0.3, 0.4) is 0 Å². The van der Waals surface area contributed by atoms with Crippen LogP contribution >= 0.6 is 0 Å². The SMILES string of the molecule is O=S(=O)(NCCCN1CC[C@H](F)C1)N1CC[CH]CC1. The molecule has 2 saturated heterocycles. The molecule has 2 rings (SSSR count). The summed E-state index contributed by atoms with van der Waals surface area (Å²) in [6, 6.07) is 0. The summed E-state index contributed by atoms with van der Waals surface area (Å²) in [6.45, 7) is 3.62. The molecular formula is C12H23FN3O2S. The van der Waals surface area contributed by atoms with Crippen molar-refractivity contribution in [1.29, 1.82) is 0 Å². The Labute approximate surface area is 115 Å². The number of hydrogen-bond acceptors (Lipinski definition) is 3. The maximum Gasteiger partial charge on any atom is 0.279 e. The highest BCUT2D eigenvalue weighted by atomic mass is 32.2. The average Bonchev–Trinajstić information content (AvgIpc) is 2.82. The van der Waals surface area contributed by atoms with Crippen molar-refractivity contribution in [2.75, 3.05) is 39.3 Å². The summed E-state index contributed by atoms with van der Waals surface area (Å²) in [5, 5.41) is 0. The standard InChI is InChI=1S/C12H23FN3O2S/c13-12-5-10-15(11-12)7-4-6-14-19(17,18)16-8-2-1-3-9-16/h1,12,14H,2-11H2/t12-/m0/s1. The smallest absolute Gasteiger partial charge is 0.279 e. The van der Waals surface area contributed by atoms with Crippen molar-refractivity contribution in [2.45, 2.75) is 31.9 Å². The Bertz CT molecular complexity index is 371. The van der Waals surface area contributed by atoms with E-state index in [1.807, 2.05) is 0 Å². The molecule has 5 nitrogen and oxygen atoms in total. The molecule has 2 aliphatic rings. The molecule has 0 spiro atoms. The Balaban J connectivity index is 1.64. The highest BCUT2D eigenvalue weighted by Crippen LogP contribution is 2.13. The first kappa shape index (κ1) is 15.2. The third-order valence-electron chi connectivity index (χ3n) is 3.66. The maximum atomic E-state index is 13.0. The van der Waals surface area contributed by atoms with Gasteiger partial charge < -0.3 is 4.90 Å². The predicted octanol–water partition coefficient (Wildman–Crippen LogP) is 0.555. The number of alkyl halides is 1. The second-order valence-corrected chi connectivity index (χ2v) is 6.96. The highest BCUT2D eigenvalue weighted by molar-refractivity contribution is 7.87. The van der Waals surface area contributed by atoms with E-state index < -0.39 is 16.4 Å². The van der Waals surface area contributed by atoms with E-state index in [0.29, 0.717) is 32.6 Å². The first-order chi connectivity index (χ1) is 9.08. The van der Waals surface area contributed by atoms with E-state index in [4.69, 9.17) is 0 Å². The van der Waals surface area contributed by atoms with Crippen LogP contribution in [0.4, 0.5) is 4.39 Å². The van der Waals surface area contributed by atoms with Gasteiger partial charge in [-0.1, -0.05) is 0 Å². The van der Waals surface area contributed by atoms with Crippen LogP contribution < -0.4 is 4.72 Å². The highest BCUT2D eigenvalue weighted by Gasteiger charge is 2.24. The molecule has 2 aliphatic heterocycles. The Morgan fingerprint density at radius 3 is 2.63 bits per heavy atom. The van der Waals surface area contributed by atoms with Crippen LogP contribution in [0.25, 0.3) is 0 Å². The molecule has 2 fully saturated rings. The van der Waals surface area contributed by atoms with E-state index in [1.54, 1.807) is 0 Å². The van der Waals surface area contributed by atoms with Gasteiger partial charge in [-0.15, -0.1) is 0 Å². The van der Waals surface area contributed by atoms with Gasteiger partial charge >= 0.3 is 0 Å². The normalized spacial score (nSPS) is 26.9. The summed E-state index contributed by atoms with van der Waals surface area (Å²) in [4.78, 5) is 2.05. The van der Waals surface area contributed by atoms with E-state index in [1.165, 1.54) is 4.31 Å². The van der Waals surface area contributed by atoms with Crippen LogP contribution in [-0.4, -0.2) is 63.1 Å². The number of nitrogens with zero attached hydrogens (tertiary/aromatic N) is 2. The summed E-state index contributed by atoms with van der Waals surface area (Å²) >= 11 is 0. The summed E-state index contributed by atoms with van der Waals surface area (Å²) in [5.41, 5.74) is 0. The van der Waals surface area contributed by atoms with Crippen LogP contribution in [-0.2, 0) is 10.2 Å². The van der Waals surface area contributed by atoms with Crippen molar-refractivity contribution in [3.05, 3.63) is 6.42 Å². The fraction of sp³-hybridized carbons (Fsp3) is 0.917. The monoisotopic (exact) mass is 292 g/mol. The number of rotatable bonds is 6. The van der Waals surface area contributed by atoms with Crippen LogP contribution in [0, 0.1) is 6.42 Å². The molecule has 0 bridgehead atoms. The topological polar surface area (TPSA) is 52.7 Å². The first-order valence-electron chi connectivity index (χ1n) is 7.01. The molecule has 111 valence electrons. The quantitative estimate of drug-likeness (QED) is 0.728. The van der Waals surface area contributed by atoms with Gasteiger partial charge in [0.1, 0.15) is 6.17 Å². The number of piperidine rings is 1. The second kappa shape index (κ2) is 6.97. The molecule has 0 aromatic rings. The molecule has 7 heteroatoms. The molecule has 1 radical (unpaired) electrons. The van der Waals surface area contributed by atoms with Gasteiger partial charge in [0.25, 0.3) is 10.2 Å². The number of hydrogen-bond donors (Lipinski definition) is 1. The second-order valence-electron chi connectivity index (χ2n) is 5.20. The average molecular weight is 292 g/mol. The van der Waals surface area contributed by atoms with Gasteiger partial charge in [0.2, 0.25) is 0 Å². The van der Waals surface area contributed by atoms with Crippen molar-refractivity contribution < 1.29 is 12.8 Å². The molecule has 0 aromatic carbocycles. The van der Waals surface area contributed by atoms with Gasteiger partial charge in [0, 0.05) is 32.7 Å². The Kier molecular flexibility index (Phi) is 5.56. The van der Waals surface area contributed by atoms with E-state index in [9.17, 15) is 12.8 Å². The minimum atomic E-state index is -3.32. The van der Waals surface area contributed by atoms with Crippen molar-refractivity contribution in [3.8, 4) is 0 Å². The van der Waals surface area contributed by atoms with Crippen LogP contribution in [0.1, 0.15) is 25.7 Å². The molecule has 0 saturated carbocycles. The molecule has 1 atom stereocenters. The molecular weight excluding hydrogens is 269 g/mol. The summed E-state index contributed by atoms with van der Waals surface area (Å²) in [6.07, 6.45) is 4.40. The van der Waals surface area contributed by atoms with Gasteiger partial charge in [-0.25, -0.2) is 9.11 Å². The number of halogens is 1. The lowest BCUT2D eigenvalue weighted by Gasteiger charge is -2.26. The lowest BCUT2D eigenvalue weighted by molar-refractivity contribution is 0.285.